The van der Waals surface area contributed by atoms with E-state index in [0.717, 1.165) is 5.56 Å². The van der Waals surface area contributed by atoms with Gasteiger partial charge in [0.1, 0.15) is 12.4 Å². The molecule has 0 saturated heterocycles. The molecule has 2 aromatic rings. The molecule has 0 aliphatic heterocycles. The summed E-state index contributed by atoms with van der Waals surface area (Å²) in [7, 11) is 0. The van der Waals surface area contributed by atoms with E-state index in [-0.39, 0.29) is 30.1 Å². The first-order valence-electron chi connectivity index (χ1n) is 7.06. The molecule has 7 heteroatoms. The summed E-state index contributed by atoms with van der Waals surface area (Å²) in [5.41, 5.74) is 0.901. The van der Waals surface area contributed by atoms with Crippen LogP contribution in [0.15, 0.2) is 36.7 Å². The Morgan fingerprint density at radius 1 is 1.23 bits per heavy atom. The fourth-order valence-corrected chi connectivity index (χ4v) is 2.00. The number of nitrogens with zero attached hydrogens (tertiary/aromatic N) is 2. The van der Waals surface area contributed by atoms with Crippen LogP contribution in [-0.2, 0) is 16.0 Å². The number of aromatic nitrogens is 3. The lowest BCUT2D eigenvalue weighted by molar-refractivity contribution is -0.127. The van der Waals surface area contributed by atoms with Gasteiger partial charge in [-0.1, -0.05) is 44.2 Å². The molecule has 2 rings (SSSR count). The number of H-pyrrole nitrogens is 1. The van der Waals surface area contributed by atoms with Crippen LogP contribution >= 0.6 is 0 Å². The van der Waals surface area contributed by atoms with E-state index >= 15 is 0 Å². The third-order valence-electron chi connectivity index (χ3n) is 3.13. The second-order valence-corrected chi connectivity index (χ2v) is 5.27. The summed E-state index contributed by atoms with van der Waals surface area (Å²) in [5.74, 6) is -0.318. The van der Waals surface area contributed by atoms with Gasteiger partial charge < -0.3 is 5.32 Å². The smallest absolute Gasteiger partial charge is 0.249 e. The molecule has 7 nitrogen and oxygen atoms in total. The Hall–Kier alpha value is -2.70. The predicted molar refractivity (Wildman–Crippen MR) is 81.9 cm³/mol. The van der Waals surface area contributed by atoms with Crippen molar-refractivity contribution in [2.75, 3.05) is 5.32 Å². The Bertz CT molecular complexity index is 610. The SMILES string of the molecule is CC(C)C(NC(=O)Cc1ccccc1)C(=O)Nc1ncn[nH]1. The number of carbonyl (C=O) groups excluding carboxylic acids is 2. The summed E-state index contributed by atoms with van der Waals surface area (Å²) in [4.78, 5) is 28.2. The van der Waals surface area contributed by atoms with Crippen LogP contribution in [0.2, 0.25) is 0 Å². The van der Waals surface area contributed by atoms with Crippen molar-refractivity contribution in [3.05, 3.63) is 42.2 Å². The Balaban J connectivity index is 1.96. The fourth-order valence-electron chi connectivity index (χ4n) is 2.00. The number of benzene rings is 1. The van der Waals surface area contributed by atoms with Crippen molar-refractivity contribution in [3.63, 3.8) is 0 Å². The lowest BCUT2D eigenvalue weighted by Gasteiger charge is -2.21. The molecule has 2 amide bonds. The monoisotopic (exact) mass is 301 g/mol. The number of rotatable bonds is 6. The highest BCUT2D eigenvalue weighted by Crippen LogP contribution is 2.06. The van der Waals surface area contributed by atoms with Crippen molar-refractivity contribution in [3.8, 4) is 0 Å². The minimum atomic E-state index is -0.638. The van der Waals surface area contributed by atoms with Gasteiger partial charge in [0.2, 0.25) is 17.8 Å². The maximum atomic E-state index is 12.2. The normalized spacial score (nSPS) is 12.0. The maximum absolute atomic E-state index is 12.2. The molecule has 0 spiro atoms. The van der Waals surface area contributed by atoms with Gasteiger partial charge >= 0.3 is 0 Å². The van der Waals surface area contributed by atoms with Crippen LogP contribution in [0.3, 0.4) is 0 Å². The molecule has 0 radical (unpaired) electrons. The average molecular weight is 301 g/mol. The number of aromatic amines is 1. The molecule has 0 saturated carbocycles. The second-order valence-electron chi connectivity index (χ2n) is 5.27. The Labute approximate surface area is 128 Å². The van der Waals surface area contributed by atoms with Gasteiger partial charge in [0, 0.05) is 0 Å². The zero-order valence-corrected chi connectivity index (χ0v) is 12.5. The molecule has 0 bridgehead atoms. The van der Waals surface area contributed by atoms with Crippen molar-refractivity contribution < 1.29 is 9.59 Å². The van der Waals surface area contributed by atoms with Gasteiger partial charge in [-0.2, -0.15) is 10.1 Å². The highest BCUT2D eigenvalue weighted by atomic mass is 16.2. The number of hydrogen-bond acceptors (Lipinski definition) is 4. The molecule has 3 N–H and O–H groups in total. The summed E-state index contributed by atoms with van der Waals surface area (Å²) in [6.07, 6.45) is 1.54. The van der Waals surface area contributed by atoms with Gasteiger partial charge in [0.25, 0.3) is 0 Å². The van der Waals surface area contributed by atoms with E-state index in [1.165, 1.54) is 6.33 Å². The van der Waals surface area contributed by atoms with Gasteiger partial charge in [-0.3, -0.25) is 14.9 Å². The third-order valence-corrected chi connectivity index (χ3v) is 3.13. The van der Waals surface area contributed by atoms with Gasteiger partial charge in [-0.15, -0.1) is 0 Å². The summed E-state index contributed by atoms with van der Waals surface area (Å²) < 4.78 is 0. The summed E-state index contributed by atoms with van der Waals surface area (Å²) in [6.45, 7) is 3.74. The molecular formula is C15H19N5O2. The van der Waals surface area contributed by atoms with Crippen LogP contribution < -0.4 is 10.6 Å². The molecule has 22 heavy (non-hydrogen) atoms. The van der Waals surface area contributed by atoms with E-state index in [1.54, 1.807) is 0 Å². The van der Waals surface area contributed by atoms with Crippen LogP contribution in [0.5, 0.6) is 0 Å². The first-order chi connectivity index (χ1) is 10.6. The average Bonchev–Trinajstić information content (AvgIpc) is 2.98. The molecule has 1 aromatic carbocycles. The number of amides is 2. The zero-order chi connectivity index (χ0) is 15.9. The Morgan fingerprint density at radius 2 is 1.95 bits per heavy atom. The Kier molecular flexibility index (Phi) is 5.24. The zero-order valence-electron chi connectivity index (χ0n) is 12.5. The van der Waals surface area contributed by atoms with Gasteiger partial charge in [0.05, 0.1) is 6.42 Å². The first-order valence-corrected chi connectivity index (χ1v) is 7.06. The fraction of sp³-hybridized carbons (Fsp3) is 0.333. The number of hydrogen-bond donors (Lipinski definition) is 3. The van der Waals surface area contributed by atoms with Crippen molar-refractivity contribution >= 4 is 17.8 Å². The second kappa shape index (κ2) is 7.35. The summed E-state index contributed by atoms with van der Waals surface area (Å²) in [5, 5.41) is 11.6. The van der Waals surface area contributed by atoms with Gasteiger partial charge in [0.15, 0.2) is 0 Å². The van der Waals surface area contributed by atoms with Crippen molar-refractivity contribution in [1.82, 2.24) is 20.5 Å². The predicted octanol–water partition coefficient (Wildman–Crippen LogP) is 1.13. The van der Waals surface area contributed by atoms with Crippen molar-refractivity contribution in [2.45, 2.75) is 26.3 Å². The van der Waals surface area contributed by atoms with Crippen molar-refractivity contribution in [2.24, 2.45) is 5.92 Å². The van der Waals surface area contributed by atoms with E-state index < -0.39 is 6.04 Å². The van der Waals surface area contributed by atoms with Crippen LogP contribution in [0.4, 0.5) is 5.95 Å². The standard InChI is InChI=1S/C15H19N5O2/c1-10(2)13(14(22)19-15-16-9-17-20-15)18-12(21)8-11-6-4-3-5-7-11/h3-7,9-10,13H,8H2,1-2H3,(H,18,21)(H2,16,17,19,20,22). The summed E-state index contributed by atoms with van der Waals surface area (Å²) in [6, 6.07) is 8.75. The molecule has 0 aliphatic carbocycles. The van der Waals surface area contributed by atoms with Crippen molar-refractivity contribution in [1.29, 1.82) is 0 Å². The topological polar surface area (TPSA) is 99.8 Å². The number of nitrogens with one attached hydrogen (secondary N) is 3. The van der Waals surface area contributed by atoms with Gasteiger partial charge in [-0.05, 0) is 11.5 Å². The molecule has 116 valence electrons. The molecule has 1 heterocycles. The number of carbonyl (C=O) groups is 2. The van der Waals surface area contributed by atoms with E-state index in [0.29, 0.717) is 0 Å². The summed E-state index contributed by atoms with van der Waals surface area (Å²) >= 11 is 0. The van der Waals surface area contributed by atoms with Crippen LogP contribution in [0, 0.1) is 5.92 Å². The van der Waals surface area contributed by atoms with E-state index in [4.69, 9.17) is 0 Å². The highest BCUT2D eigenvalue weighted by molar-refractivity contribution is 5.96. The molecule has 0 fully saturated rings. The lowest BCUT2D eigenvalue weighted by atomic mass is 10.0. The highest BCUT2D eigenvalue weighted by Gasteiger charge is 2.24. The Morgan fingerprint density at radius 3 is 2.55 bits per heavy atom. The van der Waals surface area contributed by atoms with E-state index in [1.807, 2.05) is 44.2 Å². The first kappa shape index (κ1) is 15.7. The van der Waals surface area contributed by atoms with Crippen LogP contribution in [-0.4, -0.2) is 33.0 Å². The molecule has 0 aliphatic rings. The lowest BCUT2D eigenvalue weighted by Crippen LogP contribution is -2.47. The van der Waals surface area contributed by atoms with E-state index in [9.17, 15) is 9.59 Å². The number of anilines is 1. The minimum absolute atomic E-state index is 0.0531. The minimum Gasteiger partial charge on any atom is -0.344 e. The van der Waals surface area contributed by atoms with Gasteiger partial charge in [-0.25, -0.2) is 5.10 Å². The molecule has 1 atom stereocenters. The quantitative estimate of drug-likeness (QED) is 0.744. The molecule has 1 unspecified atom stereocenters. The van der Waals surface area contributed by atoms with E-state index in [2.05, 4.69) is 25.8 Å². The van der Waals surface area contributed by atoms with Crippen LogP contribution in [0.25, 0.3) is 0 Å². The molecular weight excluding hydrogens is 282 g/mol. The van der Waals surface area contributed by atoms with Crippen LogP contribution in [0.1, 0.15) is 19.4 Å². The molecule has 1 aromatic heterocycles. The maximum Gasteiger partial charge on any atom is 0.249 e. The largest absolute Gasteiger partial charge is 0.344 e. The third kappa shape index (κ3) is 4.41.